The Balaban J connectivity index is 1.70. The topological polar surface area (TPSA) is 88.2 Å². The van der Waals surface area contributed by atoms with E-state index in [4.69, 9.17) is 11.6 Å². The molecule has 0 aliphatic heterocycles. The van der Waals surface area contributed by atoms with Gasteiger partial charge < -0.3 is 5.32 Å². The highest BCUT2D eigenvalue weighted by Crippen LogP contribution is 2.20. The maximum Gasteiger partial charge on any atom is 0.261 e. The number of hydrogen-bond acceptors (Lipinski definition) is 4. The number of hydrogen-bond donors (Lipinski definition) is 2. The summed E-state index contributed by atoms with van der Waals surface area (Å²) in [7, 11) is -4.10. The molecule has 0 radical (unpaired) electrons. The number of aromatic nitrogens is 1. The van der Waals surface area contributed by atoms with Crippen molar-refractivity contribution in [1.82, 2.24) is 4.98 Å². The molecule has 1 aromatic heterocycles. The Morgan fingerprint density at radius 2 is 1.61 bits per heavy atom. The molecule has 0 spiro atoms. The molecule has 0 atom stereocenters. The van der Waals surface area contributed by atoms with Gasteiger partial charge in [-0.3, -0.25) is 9.52 Å². The zero-order valence-corrected chi connectivity index (χ0v) is 15.6. The quantitative estimate of drug-likeness (QED) is 0.605. The molecule has 2 N–H and O–H groups in total. The van der Waals surface area contributed by atoms with E-state index in [-0.39, 0.29) is 10.8 Å². The Labute approximate surface area is 164 Å². The fourth-order valence-corrected chi connectivity index (χ4v) is 3.37. The number of carbonyl (C=O) groups excluding carboxylic acids is 1. The van der Waals surface area contributed by atoms with E-state index in [1.165, 1.54) is 42.6 Å². The van der Waals surface area contributed by atoms with Crippen molar-refractivity contribution < 1.29 is 22.0 Å². The summed E-state index contributed by atoms with van der Waals surface area (Å²) in [5.41, 5.74) is 0.888. The predicted molar refractivity (Wildman–Crippen MR) is 101 cm³/mol. The van der Waals surface area contributed by atoms with Gasteiger partial charge in [-0.2, -0.15) is 0 Å². The Morgan fingerprint density at radius 3 is 2.21 bits per heavy atom. The Morgan fingerprint density at radius 1 is 0.929 bits per heavy atom. The van der Waals surface area contributed by atoms with E-state index in [1.54, 1.807) is 0 Å². The van der Waals surface area contributed by atoms with Crippen LogP contribution in [0.5, 0.6) is 0 Å². The molecule has 6 nitrogen and oxygen atoms in total. The summed E-state index contributed by atoms with van der Waals surface area (Å²) < 4.78 is 53.0. The molecule has 2 aromatic carbocycles. The van der Waals surface area contributed by atoms with Crippen molar-refractivity contribution in [2.45, 2.75) is 4.90 Å². The Hall–Kier alpha value is -3.04. The highest BCUT2D eigenvalue weighted by atomic mass is 35.5. The molecule has 10 heteroatoms. The van der Waals surface area contributed by atoms with Gasteiger partial charge in [0.15, 0.2) is 11.6 Å². The second kappa shape index (κ2) is 7.91. The van der Waals surface area contributed by atoms with Gasteiger partial charge in [-0.1, -0.05) is 11.6 Å². The van der Waals surface area contributed by atoms with Crippen molar-refractivity contribution in [3.05, 3.63) is 83.1 Å². The van der Waals surface area contributed by atoms with Gasteiger partial charge in [-0.05, 0) is 54.6 Å². The van der Waals surface area contributed by atoms with Crippen LogP contribution in [0, 0.1) is 11.6 Å². The van der Waals surface area contributed by atoms with Gasteiger partial charge in [0.1, 0.15) is 5.15 Å². The monoisotopic (exact) mass is 423 g/mol. The number of halogens is 3. The maximum absolute atomic E-state index is 13.3. The molecule has 0 aliphatic rings. The van der Waals surface area contributed by atoms with Crippen LogP contribution >= 0.6 is 11.6 Å². The molecule has 0 saturated carbocycles. The predicted octanol–water partition coefficient (Wildman–Crippen LogP) is 4.07. The number of benzene rings is 2. The first-order valence-electron chi connectivity index (χ1n) is 7.75. The van der Waals surface area contributed by atoms with E-state index in [0.717, 1.165) is 12.1 Å². The second-order valence-electron chi connectivity index (χ2n) is 5.58. The number of sulfonamides is 1. The number of rotatable bonds is 5. The van der Waals surface area contributed by atoms with Gasteiger partial charge in [0.05, 0.1) is 10.5 Å². The molecule has 1 heterocycles. The van der Waals surface area contributed by atoms with Crippen LogP contribution in [-0.4, -0.2) is 19.3 Å². The average Bonchev–Trinajstić information content (AvgIpc) is 2.65. The summed E-state index contributed by atoms with van der Waals surface area (Å²) in [5.74, 6) is -2.83. The van der Waals surface area contributed by atoms with E-state index in [9.17, 15) is 22.0 Å². The molecule has 28 heavy (non-hydrogen) atoms. The minimum atomic E-state index is -4.10. The molecule has 0 saturated heterocycles. The fourth-order valence-electron chi connectivity index (χ4n) is 2.19. The molecule has 3 rings (SSSR count). The molecular weight excluding hydrogens is 412 g/mol. The van der Waals surface area contributed by atoms with Gasteiger partial charge in [-0.25, -0.2) is 22.2 Å². The summed E-state index contributed by atoms with van der Waals surface area (Å²) >= 11 is 5.67. The molecule has 0 fully saturated rings. The normalized spacial score (nSPS) is 11.1. The van der Waals surface area contributed by atoms with E-state index in [2.05, 4.69) is 15.0 Å². The van der Waals surface area contributed by atoms with Crippen LogP contribution in [0.3, 0.4) is 0 Å². The minimum Gasteiger partial charge on any atom is -0.322 e. The molecule has 0 bridgehead atoms. The van der Waals surface area contributed by atoms with E-state index in [1.807, 2.05) is 0 Å². The third-order valence-electron chi connectivity index (χ3n) is 3.59. The van der Waals surface area contributed by atoms with Gasteiger partial charge in [-0.15, -0.1) is 0 Å². The van der Waals surface area contributed by atoms with Crippen molar-refractivity contribution in [3.63, 3.8) is 0 Å². The first kappa shape index (κ1) is 19.7. The maximum atomic E-state index is 13.3. The fraction of sp³-hybridized carbons (Fsp3) is 0. The Kier molecular flexibility index (Phi) is 5.57. The van der Waals surface area contributed by atoms with Gasteiger partial charge in [0.25, 0.3) is 15.9 Å². The van der Waals surface area contributed by atoms with Crippen molar-refractivity contribution in [3.8, 4) is 0 Å². The summed E-state index contributed by atoms with van der Waals surface area (Å²) in [6.45, 7) is 0. The number of nitrogens with zero attached hydrogens (tertiary/aromatic N) is 1. The van der Waals surface area contributed by atoms with Crippen LogP contribution in [0.25, 0.3) is 0 Å². The van der Waals surface area contributed by atoms with Crippen LogP contribution in [0.4, 0.5) is 20.2 Å². The molecule has 1 amide bonds. The van der Waals surface area contributed by atoms with Crippen LogP contribution in [0.15, 0.2) is 65.7 Å². The van der Waals surface area contributed by atoms with Gasteiger partial charge in [0.2, 0.25) is 0 Å². The molecule has 3 aromatic rings. The van der Waals surface area contributed by atoms with Crippen LogP contribution in [0.1, 0.15) is 10.4 Å². The zero-order valence-electron chi connectivity index (χ0n) is 14.0. The van der Waals surface area contributed by atoms with E-state index in [0.29, 0.717) is 17.3 Å². The SMILES string of the molecule is O=C(Nc1ccc(NS(=O)(=O)c2ccc(F)c(F)c2)cc1)c1ccc(Cl)nc1. The second-order valence-corrected chi connectivity index (χ2v) is 7.65. The number of pyridine rings is 1. The zero-order chi connectivity index (χ0) is 20.3. The van der Waals surface area contributed by atoms with E-state index < -0.39 is 32.5 Å². The summed E-state index contributed by atoms with van der Waals surface area (Å²) in [6, 6.07) is 11.0. The number of amides is 1. The highest BCUT2D eigenvalue weighted by molar-refractivity contribution is 7.92. The lowest BCUT2D eigenvalue weighted by molar-refractivity contribution is 0.102. The Bertz CT molecular complexity index is 1120. The molecule has 144 valence electrons. The summed E-state index contributed by atoms with van der Waals surface area (Å²) in [6.07, 6.45) is 1.32. The largest absolute Gasteiger partial charge is 0.322 e. The standard InChI is InChI=1S/C18H12ClF2N3O3S/c19-17-8-1-11(10-22-17)18(25)23-12-2-4-13(5-3-12)24-28(26,27)14-6-7-15(20)16(21)9-14/h1-10,24H,(H,23,25). The third-order valence-corrected chi connectivity index (χ3v) is 5.19. The first-order chi connectivity index (χ1) is 13.2. The third kappa shape index (κ3) is 4.62. The molecule has 0 aliphatic carbocycles. The van der Waals surface area contributed by atoms with Crippen molar-refractivity contribution in [2.75, 3.05) is 10.0 Å². The lowest BCUT2D eigenvalue weighted by Crippen LogP contribution is -2.14. The summed E-state index contributed by atoms with van der Waals surface area (Å²) in [5, 5.41) is 2.88. The smallest absolute Gasteiger partial charge is 0.261 e. The lowest BCUT2D eigenvalue weighted by Gasteiger charge is -2.10. The lowest BCUT2D eigenvalue weighted by atomic mass is 10.2. The van der Waals surface area contributed by atoms with E-state index >= 15 is 0 Å². The first-order valence-corrected chi connectivity index (χ1v) is 9.61. The molecular formula is C18H12ClF2N3O3S. The van der Waals surface area contributed by atoms with Crippen molar-refractivity contribution in [2.24, 2.45) is 0 Å². The number of carbonyl (C=O) groups is 1. The van der Waals surface area contributed by atoms with Crippen LogP contribution < -0.4 is 10.0 Å². The van der Waals surface area contributed by atoms with Crippen LogP contribution in [0.2, 0.25) is 5.15 Å². The number of anilines is 2. The van der Waals surface area contributed by atoms with Gasteiger partial charge >= 0.3 is 0 Å². The van der Waals surface area contributed by atoms with Crippen molar-refractivity contribution >= 4 is 38.9 Å². The van der Waals surface area contributed by atoms with Crippen LogP contribution in [-0.2, 0) is 10.0 Å². The summed E-state index contributed by atoms with van der Waals surface area (Å²) in [4.78, 5) is 15.5. The highest BCUT2D eigenvalue weighted by Gasteiger charge is 2.17. The average molecular weight is 424 g/mol. The minimum absolute atomic E-state index is 0.177. The number of nitrogens with one attached hydrogen (secondary N) is 2. The van der Waals surface area contributed by atoms with Crippen molar-refractivity contribution in [1.29, 1.82) is 0 Å². The van der Waals surface area contributed by atoms with Gasteiger partial charge in [0, 0.05) is 17.6 Å². The molecule has 0 unspecified atom stereocenters.